The molecule has 0 fully saturated rings. The molecule has 0 radical (unpaired) electrons. The standard InChI is InChI=1S/C21H17FO/c22-17-12-10-15(11-13-17)19-14-21(16-6-2-1-3-7-16)23-20-9-5-4-8-18(19)20/h1-13,19,21H,14H2/t19-,21+/m1/s1. The number of rotatable bonds is 2. The van der Waals surface area contributed by atoms with E-state index >= 15 is 0 Å². The van der Waals surface area contributed by atoms with Gasteiger partial charge in [0.05, 0.1) is 0 Å². The predicted molar refractivity (Wildman–Crippen MR) is 89.1 cm³/mol. The minimum Gasteiger partial charge on any atom is -0.485 e. The Morgan fingerprint density at radius 3 is 2.22 bits per heavy atom. The average molecular weight is 304 g/mol. The third kappa shape index (κ3) is 2.72. The lowest BCUT2D eigenvalue weighted by atomic mass is 9.82. The molecule has 4 rings (SSSR count). The van der Waals surface area contributed by atoms with Crippen LogP contribution >= 0.6 is 0 Å². The fraction of sp³-hybridized carbons (Fsp3) is 0.143. The Kier molecular flexibility index (Phi) is 3.58. The van der Waals surface area contributed by atoms with Gasteiger partial charge in [-0.3, -0.25) is 0 Å². The molecule has 0 unspecified atom stereocenters. The molecule has 0 aliphatic carbocycles. The molecular formula is C21H17FO. The Hall–Kier alpha value is -2.61. The number of ether oxygens (including phenoxy) is 1. The van der Waals surface area contributed by atoms with Crippen LogP contribution in [0.5, 0.6) is 5.75 Å². The van der Waals surface area contributed by atoms with Crippen molar-refractivity contribution in [2.24, 2.45) is 0 Å². The van der Waals surface area contributed by atoms with Crippen molar-refractivity contribution in [3.05, 3.63) is 101 Å². The first-order valence-corrected chi connectivity index (χ1v) is 7.87. The minimum absolute atomic E-state index is 0.0150. The quantitative estimate of drug-likeness (QED) is 0.609. The fourth-order valence-electron chi connectivity index (χ4n) is 3.30. The second kappa shape index (κ2) is 5.88. The molecule has 0 spiro atoms. The Balaban J connectivity index is 1.76. The Labute approximate surface area is 135 Å². The zero-order chi connectivity index (χ0) is 15.6. The second-order valence-corrected chi connectivity index (χ2v) is 5.89. The van der Waals surface area contributed by atoms with Gasteiger partial charge < -0.3 is 4.74 Å². The number of hydrogen-bond donors (Lipinski definition) is 0. The van der Waals surface area contributed by atoms with Crippen LogP contribution in [0.15, 0.2) is 78.9 Å². The number of hydrogen-bond acceptors (Lipinski definition) is 1. The minimum atomic E-state index is -0.200. The zero-order valence-corrected chi connectivity index (χ0v) is 12.7. The molecule has 2 heteroatoms. The van der Waals surface area contributed by atoms with Gasteiger partial charge >= 0.3 is 0 Å². The molecule has 114 valence electrons. The number of fused-ring (bicyclic) bond motifs is 1. The summed E-state index contributed by atoms with van der Waals surface area (Å²) in [6.45, 7) is 0. The molecule has 0 bridgehead atoms. The van der Waals surface area contributed by atoms with Gasteiger partial charge in [-0.15, -0.1) is 0 Å². The van der Waals surface area contributed by atoms with E-state index in [-0.39, 0.29) is 17.8 Å². The molecule has 23 heavy (non-hydrogen) atoms. The van der Waals surface area contributed by atoms with Crippen molar-refractivity contribution in [1.82, 2.24) is 0 Å². The normalized spacial score (nSPS) is 19.7. The maximum Gasteiger partial charge on any atom is 0.125 e. The van der Waals surface area contributed by atoms with Crippen molar-refractivity contribution >= 4 is 0 Å². The van der Waals surface area contributed by atoms with Crippen LogP contribution in [-0.4, -0.2) is 0 Å². The summed E-state index contributed by atoms with van der Waals surface area (Å²) in [7, 11) is 0. The summed E-state index contributed by atoms with van der Waals surface area (Å²) in [6.07, 6.45) is 0.869. The molecule has 1 heterocycles. The summed E-state index contributed by atoms with van der Waals surface area (Å²) >= 11 is 0. The topological polar surface area (TPSA) is 9.23 Å². The van der Waals surface area contributed by atoms with Crippen LogP contribution < -0.4 is 4.74 Å². The first kappa shape index (κ1) is 14.0. The van der Waals surface area contributed by atoms with E-state index in [2.05, 4.69) is 18.2 Å². The van der Waals surface area contributed by atoms with Gasteiger partial charge in [0.2, 0.25) is 0 Å². The van der Waals surface area contributed by atoms with Crippen LogP contribution in [0.4, 0.5) is 4.39 Å². The van der Waals surface area contributed by atoms with Crippen LogP contribution in [0.1, 0.15) is 35.1 Å². The summed E-state index contributed by atoms with van der Waals surface area (Å²) < 4.78 is 19.5. The monoisotopic (exact) mass is 304 g/mol. The molecule has 0 saturated heterocycles. The van der Waals surface area contributed by atoms with Crippen molar-refractivity contribution in [2.45, 2.75) is 18.4 Å². The summed E-state index contributed by atoms with van der Waals surface area (Å²) in [5.74, 6) is 0.932. The fourth-order valence-corrected chi connectivity index (χ4v) is 3.30. The molecule has 0 aromatic heterocycles. The molecule has 0 N–H and O–H groups in total. The van der Waals surface area contributed by atoms with E-state index in [9.17, 15) is 4.39 Å². The predicted octanol–water partition coefficient (Wildman–Crippen LogP) is 5.48. The van der Waals surface area contributed by atoms with Gasteiger partial charge in [0, 0.05) is 11.5 Å². The summed E-state index contributed by atoms with van der Waals surface area (Å²) in [4.78, 5) is 0. The van der Waals surface area contributed by atoms with Gasteiger partial charge in [-0.1, -0.05) is 60.7 Å². The molecule has 3 aromatic carbocycles. The van der Waals surface area contributed by atoms with Gasteiger partial charge in [-0.05, 0) is 35.7 Å². The van der Waals surface area contributed by atoms with E-state index < -0.39 is 0 Å². The van der Waals surface area contributed by atoms with Crippen LogP contribution in [0, 0.1) is 5.82 Å². The molecule has 1 aliphatic heterocycles. The number of para-hydroxylation sites is 1. The third-order valence-corrected chi connectivity index (χ3v) is 4.46. The summed E-state index contributed by atoms with van der Waals surface area (Å²) in [6, 6.07) is 25.2. The van der Waals surface area contributed by atoms with Gasteiger partial charge in [-0.2, -0.15) is 0 Å². The van der Waals surface area contributed by atoms with Gasteiger partial charge in [-0.25, -0.2) is 4.39 Å². The van der Waals surface area contributed by atoms with Crippen LogP contribution in [-0.2, 0) is 0 Å². The van der Waals surface area contributed by atoms with E-state index in [1.807, 2.05) is 48.5 Å². The number of benzene rings is 3. The highest BCUT2D eigenvalue weighted by atomic mass is 19.1. The smallest absolute Gasteiger partial charge is 0.125 e. The molecule has 2 atom stereocenters. The van der Waals surface area contributed by atoms with E-state index in [1.165, 1.54) is 23.3 Å². The molecule has 0 amide bonds. The highest BCUT2D eigenvalue weighted by Crippen LogP contribution is 2.44. The Morgan fingerprint density at radius 1 is 0.739 bits per heavy atom. The average Bonchev–Trinajstić information content (AvgIpc) is 2.62. The van der Waals surface area contributed by atoms with Crippen molar-refractivity contribution in [2.75, 3.05) is 0 Å². The van der Waals surface area contributed by atoms with Crippen molar-refractivity contribution in [3.8, 4) is 5.75 Å². The Morgan fingerprint density at radius 2 is 1.43 bits per heavy atom. The maximum absolute atomic E-state index is 13.3. The molecule has 1 nitrogen and oxygen atoms in total. The lowest BCUT2D eigenvalue weighted by molar-refractivity contribution is 0.167. The van der Waals surface area contributed by atoms with Crippen LogP contribution in [0.3, 0.4) is 0 Å². The van der Waals surface area contributed by atoms with E-state index in [0.717, 1.165) is 17.7 Å². The second-order valence-electron chi connectivity index (χ2n) is 5.89. The first-order chi connectivity index (χ1) is 11.3. The highest BCUT2D eigenvalue weighted by Gasteiger charge is 2.30. The maximum atomic E-state index is 13.3. The van der Waals surface area contributed by atoms with Crippen molar-refractivity contribution in [3.63, 3.8) is 0 Å². The number of halogens is 1. The molecule has 0 saturated carbocycles. The van der Waals surface area contributed by atoms with E-state index in [1.54, 1.807) is 0 Å². The molecule has 3 aromatic rings. The first-order valence-electron chi connectivity index (χ1n) is 7.87. The largest absolute Gasteiger partial charge is 0.485 e. The van der Waals surface area contributed by atoms with Gasteiger partial charge in [0.25, 0.3) is 0 Å². The Bertz CT molecular complexity index is 796. The van der Waals surface area contributed by atoms with Crippen LogP contribution in [0.25, 0.3) is 0 Å². The molecular weight excluding hydrogens is 287 g/mol. The van der Waals surface area contributed by atoms with Crippen molar-refractivity contribution < 1.29 is 9.13 Å². The van der Waals surface area contributed by atoms with Crippen LogP contribution in [0.2, 0.25) is 0 Å². The zero-order valence-electron chi connectivity index (χ0n) is 12.7. The SMILES string of the molecule is Fc1ccc([C@H]2C[C@@H](c3ccccc3)Oc3ccccc32)cc1. The van der Waals surface area contributed by atoms with E-state index in [4.69, 9.17) is 4.74 Å². The highest BCUT2D eigenvalue weighted by molar-refractivity contribution is 5.45. The van der Waals surface area contributed by atoms with Crippen molar-refractivity contribution in [1.29, 1.82) is 0 Å². The molecule has 1 aliphatic rings. The lowest BCUT2D eigenvalue weighted by Gasteiger charge is -2.33. The van der Waals surface area contributed by atoms with E-state index in [0.29, 0.717) is 0 Å². The third-order valence-electron chi connectivity index (χ3n) is 4.46. The lowest BCUT2D eigenvalue weighted by Crippen LogP contribution is -2.19. The summed E-state index contributed by atoms with van der Waals surface area (Å²) in [5, 5.41) is 0. The van der Waals surface area contributed by atoms with Gasteiger partial charge in [0.1, 0.15) is 17.7 Å². The summed E-state index contributed by atoms with van der Waals surface area (Å²) in [5.41, 5.74) is 3.48. The van der Waals surface area contributed by atoms with Gasteiger partial charge in [0.15, 0.2) is 0 Å².